The highest BCUT2D eigenvalue weighted by molar-refractivity contribution is 5.75. The molecule has 0 aliphatic carbocycles. The van der Waals surface area contributed by atoms with Crippen LogP contribution in [0.15, 0.2) is 9.59 Å². The van der Waals surface area contributed by atoms with Crippen molar-refractivity contribution < 1.29 is 4.79 Å². The highest BCUT2D eigenvalue weighted by Gasteiger charge is 2.42. The molecular weight excluding hydrogens is 386 g/mol. The number of hydrazine groups is 1. The lowest BCUT2D eigenvalue weighted by Crippen LogP contribution is -2.60. The summed E-state index contributed by atoms with van der Waals surface area (Å²) in [5.74, 6) is 0.646. The number of rotatable bonds is 5. The van der Waals surface area contributed by atoms with E-state index in [4.69, 9.17) is 0 Å². The first-order chi connectivity index (χ1) is 14.3. The van der Waals surface area contributed by atoms with Crippen molar-refractivity contribution in [2.24, 2.45) is 14.1 Å². The van der Waals surface area contributed by atoms with Crippen LogP contribution in [0.25, 0.3) is 0 Å². The van der Waals surface area contributed by atoms with Crippen molar-refractivity contribution >= 4 is 17.5 Å². The summed E-state index contributed by atoms with van der Waals surface area (Å²) in [7, 11) is 5.16. The fraction of sp³-hybridized carbons (Fsp3) is 0.750. The van der Waals surface area contributed by atoms with E-state index in [1.807, 2.05) is 35.6 Å². The van der Waals surface area contributed by atoms with E-state index < -0.39 is 0 Å². The van der Waals surface area contributed by atoms with Gasteiger partial charge in [-0.25, -0.2) is 14.6 Å². The maximum Gasteiger partial charge on any atom is 0.332 e. The van der Waals surface area contributed by atoms with E-state index in [1.54, 1.807) is 11.6 Å². The minimum atomic E-state index is -0.329. The van der Waals surface area contributed by atoms with Crippen molar-refractivity contribution in [3.63, 3.8) is 0 Å². The summed E-state index contributed by atoms with van der Waals surface area (Å²) in [5.41, 5.74) is -0.0427. The van der Waals surface area contributed by atoms with E-state index >= 15 is 0 Å². The molecule has 0 spiro atoms. The van der Waals surface area contributed by atoms with Gasteiger partial charge in [-0.3, -0.25) is 18.9 Å². The summed E-state index contributed by atoms with van der Waals surface area (Å²) in [6.45, 7) is 10.0. The largest absolute Gasteiger partial charge is 0.346 e. The molecule has 3 rings (SSSR count). The summed E-state index contributed by atoms with van der Waals surface area (Å²) < 4.78 is 2.73. The average Bonchev–Trinajstić information content (AvgIpc) is 3.04. The number of amides is 2. The van der Waals surface area contributed by atoms with E-state index in [-0.39, 0.29) is 23.4 Å². The molecule has 168 valence electrons. The minimum Gasteiger partial charge on any atom is -0.346 e. The number of urea groups is 1. The lowest BCUT2D eigenvalue weighted by atomic mass is 10.2. The molecule has 1 aromatic heterocycles. The van der Waals surface area contributed by atoms with Gasteiger partial charge in [0.05, 0.1) is 0 Å². The topological polar surface area (TPSA) is 77.3 Å². The normalized spacial score (nSPS) is 19.4. The number of hydrogen-bond acceptors (Lipinski definition) is 6. The molecule has 0 aromatic carbocycles. The lowest BCUT2D eigenvalue weighted by Gasteiger charge is -2.44. The molecule has 1 aromatic rings. The molecule has 1 saturated heterocycles. The molecule has 10 nitrogen and oxygen atoms in total. The van der Waals surface area contributed by atoms with Crippen molar-refractivity contribution in [3.8, 4) is 0 Å². The number of piperazine rings is 1. The molecule has 1 atom stereocenters. The van der Waals surface area contributed by atoms with E-state index in [1.165, 1.54) is 11.6 Å². The second-order valence-corrected chi connectivity index (χ2v) is 8.00. The van der Waals surface area contributed by atoms with Gasteiger partial charge in [0.15, 0.2) is 5.82 Å². The summed E-state index contributed by atoms with van der Waals surface area (Å²) in [6.07, 6.45) is 1.78. The van der Waals surface area contributed by atoms with Gasteiger partial charge in [-0.2, -0.15) is 0 Å². The first kappa shape index (κ1) is 22.2. The molecule has 30 heavy (non-hydrogen) atoms. The third kappa shape index (κ3) is 3.46. The van der Waals surface area contributed by atoms with Crippen molar-refractivity contribution in [2.75, 3.05) is 56.2 Å². The smallest absolute Gasteiger partial charge is 0.332 e. The molecule has 1 unspecified atom stereocenters. The molecule has 0 radical (unpaired) electrons. The van der Waals surface area contributed by atoms with Gasteiger partial charge in [0.25, 0.3) is 5.56 Å². The van der Waals surface area contributed by atoms with Crippen molar-refractivity contribution in [2.45, 2.75) is 39.8 Å². The van der Waals surface area contributed by atoms with Crippen LogP contribution in [-0.4, -0.2) is 82.5 Å². The summed E-state index contributed by atoms with van der Waals surface area (Å²) in [6, 6.07) is 0.0740. The second-order valence-electron chi connectivity index (χ2n) is 8.00. The van der Waals surface area contributed by atoms with Gasteiger partial charge < -0.3 is 14.7 Å². The Morgan fingerprint density at radius 2 is 1.57 bits per heavy atom. The van der Waals surface area contributed by atoms with Crippen LogP contribution >= 0.6 is 0 Å². The van der Waals surface area contributed by atoms with Gasteiger partial charge in [-0.1, -0.05) is 13.3 Å². The predicted molar refractivity (Wildman–Crippen MR) is 118 cm³/mol. The molecular formula is C20H35N7O3. The van der Waals surface area contributed by atoms with Gasteiger partial charge in [-0.05, 0) is 20.3 Å². The zero-order valence-corrected chi connectivity index (χ0v) is 19.1. The predicted octanol–water partition coefficient (Wildman–Crippen LogP) is 0.461. The fourth-order valence-electron chi connectivity index (χ4n) is 4.53. The Morgan fingerprint density at radius 1 is 0.967 bits per heavy atom. The van der Waals surface area contributed by atoms with Crippen LogP contribution in [0.5, 0.6) is 0 Å². The fourth-order valence-corrected chi connectivity index (χ4v) is 4.53. The Kier molecular flexibility index (Phi) is 6.44. The number of carbonyl (C=O) groups excluding carboxylic acids is 1. The molecule has 10 heteroatoms. The Hall–Kier alpha value is -2.49. The van der Waals surface area contributed by atoms with Gasteiger partial charge in [-0.15, -0.1) is 0 Å². The van der Waals surface area contributed by atoms with Crippen LogP contribution < -0.4 is 21.2 Å². The van der Waals surface area contributed by atoms with Gasteiger partial charge in [0.2, 0.25) is 0 Å². The molecule has 0 saturated carbocycles. The number of anilines is 2. The van der Waals surface area contributed by atoms with Gasteiger partial charge in [0.1, 0.15) is 11.9 Å². The molecule has 0 N–H and O–H groups in total. The molecule has 2 amide bonds. The molecule has 2 aliphatic rings. The molecule has 3 heterocycles. The maximum atomic E-state index is 12.9. The minimum absolute atomic E-state index is 0.0317. The third-order valence-electron chi connectivity index (χ3n) is 6.32. The Labute approximate surface area is 177 Å². The van der Waals surface area contributed by atoms with E-state index in [2.05, 4.69) is 16.9 Å². The highest BCUT2D eigenvalue weighted by Crippen LogP contribution is 2.37. The standard InChI is InChI=1S/C20H35N7O3/c1-7-10-15-21(4)16-17(22(5)19(29)23(6)18(16)28)27(15)26-13-11-25(12-14-26)20(30)24(8-2)9-3/h15H,7-14H2,1-6H3. The number of fused-ring (bicyclic) bond motifs is 1. The van der Waals surface area contributed by atoms with Crippen LogP contribution in [0, 0.1) is 0 Å². The monoisotopic (exact) mass is 421 g/mol. The highest BCUT2D eigenvalue weighted by atomic mass is 16.2. The summed E-state index contributed by atoms with van der Waals surface area (Å²) >= 11 is 0. The SMILES string of the molecule is CCCC1N(C)c2c(n(C)c(=O)n(C)c2=O)N1N1CCN(C(=O)N(CC)CC)CC1. The number of nitrogens with zero attached hydrogens (tertiary/aromatic N) is 7. The van der Waals surface area contributed by atoms with Crippen LogP contribution in [0.1, 0.15) is 33.6 Å². The number of hydrogen-bond donors (Lipinski definition) is 0. The first-order valence-electron chi connectivity index (χ1n) is 10.9. The average molecular weight is 422 g/mol. The van der Waals surface area contributed by atoms with Crippen LogP contribution in [0.3, 0.4) is 0 Å². The Bertz CT molecular complexity index is 897. The van der Waals surface area contributed by atoms with Gasteiger partial charge in [0, 0.05) is 60.4 Å². The molecule has 1 fully saturated rings. The van der Waals surface area contributed by atoms with E-state index in [9.17, 15) is 14.4 Å². The molecule has 0 bridgehead atoms. The zero-order valence-electron chi connectivity index (χ0n) is 19.1. The van der Waals surface area contributed by atoms with Crippen molar-refractivity contribution in [1.29, 1.82) is 0 Å². The third-order valence-corrected chi connectivity index (χ3v) is 6.32. The quantitative estimate of drug-likeness (QED) is 0.688. The van der Waals surface area contributed by atoms with Crippen molar-refractivity contribution in [1.82, 2.24) is 23.9 Å². The van der Waals surface area contributed by atoms with Crippen LogP contribution in [-0.2, 0) is 14.1 Å². The first-order valence-corrected chi connectivity index (χ1v) is 10.9. The second kappa shape index (κ2) is 8.71. The number of aromatic nitrogens is 2. The lowest BCUT2D eigenvalue weighted by molar-refractivity contribution is 0.103. The molecule has 2 aliphatic heterocycles. The van der Waals surface area contributed by atoms with Crippen molar-refractivity contribution in [3.05, 3.63) is 20.8 Å². The Morgan fingerprint density at radius 3 is 2.10 bits per heavy atom. The van der Waals surface area contributed by atoms with E-state index in [0.29, 0.717) is 50.8 Å². The maximum absolute atomic E-state index is 12.9. The van der Waals surface area contributed by atoms with Gasteiger partial charge >= 0.3 is 11.7 Å². The summed E-state index contributed by atoms with van der Waals surface area (Å²) in [5, 5.41) is 4.30. The number of carbonyl (C=O) groups is 1. The summed E-state index contributed by atoms with van der Waals surface area (Å²) in [4.78, 5) is 44.0. The van der Waals surface area contributed by atoms with E-state index in [0.717, 1.165) is 12.8 Å². The zero-order chi connectivity index (χ0) is 22.2. The van der Waals surface area contributed by atoms with Crippen LogP contribution in [0.2, 0.25) is 0 Å². The van der Waals surface area contributed by atoms with Crippen LogP contribution in [0.4, 0.5) is 16.3 Å². The Balaban J connectivity index is 1.92.